The summed E-state index contributed by atoms with van der Waals surface area (Å²) >= 11 is 0. The third-order valence-electron chi connectivity index (χ3n) is 16.8. The minimum absolute atomic E-state index is 0.0583. The number of carbonyl (C=O) groups excluding carboxylic acids is 5. The van der Waals surface area contributed by atoms with E-state index in [-0.39, 0.29) is 16.7 Å². The van der Waals surface area contributed by atoms with Gasteiger partial charge < -0.3 is 23.7 Å². The van der Waals surface area contributed by atoms with E-state index in [0.29, 0.717) is 40.4 Å². The Labute approximate surface area is 330 Å². The van der Waals surface area contributed by atoms with Crippen LogP contribution in [0, 0.1) is 62.6 Å². The second-order valence-electron chi connectivity index (χ2n) is 20.3. The Balaban J connectivity index is 1.42. The third kappa shape index (κ3) is 8.09. The lowest BCUT2D eigenvalue weighted by molar-refractivity contribution is -0.241. The molecule has 0 bridgehead atoms. The molecular formula is C45H72O10. The number of hydrogen-bond donors (Lipinski definition) is 0. The van der Waals surface area contributed by atoms with Gasteiger partial charge >= 0.3 is 29.8 Å². The normalized spacial score (nSPS) is 38.9. The SMILES string of the molecule is CC(=O)OC[C@H](OC(C)=O)[C@H](OC(C)=O)[C@H](OC(C)=O)[C@@H](CC(C)[C@H]1CC[C@]2(C)[C@H]3CC[C@@H]4[C@@]5(C)CCCC(C)(C)[C@@H]5CC[C@@]4(C)[C@]3(C)CC[C@@H]12)OC(C)=O. The van der Waals surface area contributed by atoms with Crippen LogP contribution in [0.3, 0.4) is 0 Å². The molecule has 0 aliphatic heterocycles. The van der Waals surface area contributed by atoms with Crippen LogP contribution in [0.2, 0.25) is 0 Å². The van der Waals surface area contributed by atoms with E-state index >= 15 is 0 Å². The van der Waals surface area contributed by atoms with Crippen molar-refractivity contribution in [3.63, 3.8) is 0 Å². The molecule has 55 heavy (non-hydrogen) atoms. The fourth-order valence-electron chi connectivity index (χ4n) is 14.7. The molecule has 5 fully saturated rings. The summed E-state index contributed by atoms with van der Waals surface area (Å²) in [6, 6.07) is 0. The Bertz CT molecular complexity index is 1470. The first kappa shape index (κ1) is 43.5. The Kier molecular flexibility index (Phi) is 12.6. The number of fused-ring (bicyclic) bond motifs is 7. The molecule has 312 valence electrons. The largest absolute Gasteiger partial charge is 0.462 e. The number of hydrogen-bond acceptors (Lipinski definition) is 10. The van der Waals surface area contributed by atoms with Crippen molar-refractivity contribution in [3.05, 3.63) is 0 Å². The highest BCUT2D eigenvalue weighted by Crippen LogP contribution is 2.78. The lowest BCUT2D eigenvalue weighted by atomic mass is 9.32. The van der Waals surface area contributed by atoms with Gasteiger partial charge in [0.25, 0.3) is 0 Å². The number of esters is 5. The number of rotatable bonds is 12. The van der Waals surface area contributed by atoms with Gasteiger partial charge in [-0.15, -0.1) is 0 Å². The smallest absolute Gasteiger partial charge is 0.303 e. The molecule has 14 atom stereocenters. The molecule has 0 amide bonds. The average molecular weight is 773 g/mol. The molecule has 5 aliphatic rings. The van der Waals surface area contributed by atoms with Crippen molar-refractivity contribution in [1.29, 1.82) is 0 Å². The van der Waals surface area contributed by atoms with Gasteiger partial charge in [-0.3, -0.25) is 24.0 Å². The van der Waals surface area contributed by atoms with Crippen molar-refractivity contribution in [1.82, 2.24) is 0 Å². The van der Waals surface area contributed by atoms with Gasteiger partial charge in [-0.2, -0.15) is 0 Å². The van der Waals surface area contributed by atoms with Crippen LogP contribution >= 0.6 is 0 Å². The lowest BCUT2D eigenvalue weighted by Gasteiger charge is -2.73. The predicted octanol–water partition coefficient (Wildman–Crippen LogP) is 8.79. The summed E-state index contributed by atoms with van der Waals surface area (Å²) in [4.78, 5) is 61.9. The summed E-state index contributed by atoms with van der Waals surface area (Å²) in [6.45, 7) is 23.5. The van der Waals surface area contributed by atoms with Gasteiger partial charge in [0.05, 0.1) is 0 Å². The maximum Gasteiger partial charge on any atom is 0.303 e. The summed E-state index contributed by atoms with van der Waals surface area (Å²) in [5.41, 5.74) is 1.56. The van der Waals surface area contributed by atoms with Crippen molar-refractivity contribution < 1.29 is 47.7 Å². The first-order chi connectivity index (χ1) is 25.5. The van der Waals surface area contributed by atoms with Crippen LogP contribution in [0.15, 0.2) is 0 Å². The molecule has 5 saturated carbocycles. The van der Waals surface area contributed by atoms with Crippen molar-refractivity contribution in [2.24, 2.45) is 62.6 Å². The molecule has 0 N–H and O–H groups in total. The number of carbonyl (C=O) groups is 5. The van der Waals surface area contributed by atoms with E-state index in [9.17, 15) is 24.0 Å². The Hall–Kier alpha value is -2.65. The Morgan fingerprint density at radius 1 is 0.545 bits per heavy atom. The van der Waals surface area contributed by atoms with Gasteiger partial charge in [0.1, 0.15) is 12.7 Å². The van der Waals surface area contributed by atoms with E-state index < -0.39 is 60.9 Å². The van der Waals surface area contributed by atoms with Crippen LogP contribution < -0.4 is 0 Å². The molecule has 5 rings (SSSR count). The van der Waals surface area contributed by atoms with E-state index in [1.807, 2.05) is 0 Å². The fourth-order valence-corrected chi connectivity index (χ4v) is 14.7. The zero-order valence-corrected chi connectivity index (χ0v) is 36.0. The van der Waals surface area contributed by atoms with Gasteiger partial charge in [-0.1, -0.05) is 54.9 Å². The summed E-state index contributed by atoms with van der Waals surface area (Å²) in [5.74, 6) is -0.277. The zero-order valence-electron chi connectivity index (χ0n) is 36.0. The van der Waals surface area contributed by atoms with Gasteiger partial charge in [0, 0.05) is 34.6 Å². The van der Waals surface area contributed by atoms with Crippen molar-refractivity contribution in [3.8, 4) is 0 Å². The molecule has 0 aromatic carbocycles. The summed E-state index contributed by atoms with van der Waals surface area (Å²) in [5, 5.41) is 0. The van der Waals surface area contributed by atoms with E-state index in [1.165, 1.54) is 86.0 Å². The molecular weight excluding hydrogens is 700 g/mol. The second kappa shape index (κ2) is 15.9. The minimum atomic E-state index is -1.41. The van der Waals surface area contributed by atoms with Crippen molar-refractivity contribution >= 4 is 29.8 Å². The Morgan fingerprint density at radius 2 is 1.05 bits per heavy atom. The molecule has 0 radical (unpaired) electrons. The van der Waals surface area contributed by atoms with Crippen LogP contribution in [0.25, 0.3) is 0 Å². The fraction of sp³-hybridized carbons (Fsp3) is 0.889. The number of ether oxygens (including phenoxy) is 5. The average Bonchev–Trinajstić information content (AvgIpc) is 3.40. The second-order valence-corrected chi connectivity index (χ2v) is 20.3. The van der Waals surface area contributed by atoms with Gasteiger partial charge in [-0.05, 0) is 133 Å². The zero-order chi connectivity index (χ0) is 40.9. The van der Waals surface area contributed by atoms with E-state index in [1.54, 1.807) is 0 Å². The maximum absolute atomic E-state index is 12.7. The predicted molar refractivity (Wildman–Crippen MR) is 207 cm³/mol. The summed E-state index contributed by atoms with van der Waals surface area (Å²) in [6.07, 6.45) is 9.16. The highest BCUT2D eigenvalue weighted by atomic mass is 16.6. The third-order valence-corrected chi connectivity index (χ3v) is 16.8. The van der Waals surface area contributed by atoms with Crippen molar-refractivity contribution in [2.75, 3.05) is 6.61 Å². The van der Waals surface area contributed by atoms with Gasteiger partial charge in [-0.25, -0.2) is 0 Å². The molecule has 0 aromatic heterocycles. The first-order valence-corrected chi connectivity index (χ1v) is 21.3. The highest BCUT2D eigenvalue weighted by Gasteiger charge is 2.70. The van der Waals surface area contributed by atoms with Crippen LogP contribution in [-0.2, 0) is 47.7 Å². The molecule has 0 heterocycles. The summed E-state index contributed by atoms with van der Waals surface area (Å²) < 4.78 is 28.1. The highest BCUT2D eigenvalue weighted by molar-refractivity contribution is 5.69. The van der Waals surface area contributed by atoms with Gasteiger partial charge in [0.15, 0.2) is 18.3 Å². The standard InChI is InChI=1S/C45H72O10/c1-26(24-34(52-28(3)47)39(54-30(5)49)40(55-31(6)50)35(53-29(4)48)25-51-27(2)46)32-16-21-42(9)33(32)17-22-44(11)37(42)14-15-38-43(10)20-13-19-41(7,8)36(43)18-23-45(38,44)12/h26,32-40H,13-25H2,1-12H3/t26?,32-,33+,34-,35+,36+,37-,38-,39-,40+,42+,43+,44-,45-/m1/s1. The monoisotopic (exact) mass is 773 g/mol. The summed E-state index contributed by atoms with van der Waals surface area (Å²) in [7, 11) is 0. The van der Waals surface area contributed by atoms with Gasteiger partial charge in [0.2, 0.25) is 0 Å². The topological polar surface area (TPSA) is 132 Å². The minimum Gasteiger partial charge on any atom is -0.462 e. The molecule has 0 spiro atoms. The molecule has 10 heteroatoms. The van der Waals surface area contributed by atoms with E-state index in [0.717, 1.165) is 31.1 Å². The first-order valence-electron chi connectivity index (χ1n) is 21.3. The lowest BCUT2D eigenvalue weighted by Crippen LogP contribution is -2.65. The Morgan fingerprint density at radius 3 is 1.60 bits per heavy atom. The van der Waals surface area contributed by atoms with E-state index in [2.05, 4.69) is 48.5 Å². The van der Waals surface area contributed by atoms with Crippen LogP contribution in [0.5, 0.6) is 0 Å². The molecule has 5 aliphatic carbocycles. The van der Waals surface area contributed by atoms with Crippen LogP contribution in [0.1, 0.15) is 160 Å². The van der Waals surface area contributed by atoms with Crippen LogP contribution in [-0.4, -0.2) is 60.9 Å². The maximum atomic E-state index is 12.7. The molecule has 0 saturated heterocycles. The van der Waals surface area contributed by atoms with E-state index in [4.69, 9.17) is 23.7 Å². The quantitative estimate of drug-likeness (QED) is 0.140. The van der Waals surface area contributed by atoms with Crippen molar-refractivity contribution in [2.45, 2.75) is 185 Å². The van der Waals surface area contributed by atoms with Crippen LogP contribution in [0.4, 0.5) is 0 Å². The molecule has 1 unspecified atom stereocenters. The molecule has 0 aromatic rings. The molecule has 10 nitrogen and oxygen atoms in total.